The number of rotatable bonds is 3. The van der Waals surface area contributed by atoms with E-state index < -0.39 is 0 Å². The minimum absolute atomic E-state index is 0.0266. The SMILES string of the molecule is COC(=O)c1ccc(C2NC(=O)c3c(sc4c3CCN(C(C)C)C4)N2)cc1. The number of nitrogens with zero attached hydrogens (tertiary/aromatic N) is 1. The molecule has 0 saturated heterocycles. The second-order valence-electron chi connectivity index (χ2n) is 7.19. The molecule has 1 aromatic heterocycles. The van der Waals surface area contributed by atoms with Crippen LogP contribution >= 0.6 is 11.3 Å². The third kappa shape index (κ3) is 3.21. The Morgan fingerprint density at radius 3 is 2.67 bits per heavy atom. The number of hydrogen-bond acceptors (Lipinski definition) is 6. The molecule has 0 saturated carbocycles. The van der Waals surface area contributed by atoms with E-state index in [1.807, 2.05) is 12.1 Å². The van der Waals surface area contributed by atoms with E-state index in [-0.39, 0.29) is 18.0 Å². The summed E-state index contributed by atoms with van der Waals surface area (Å²) >= 11 is 1.69. The minimum Gasteiger partial charge on any atom is -0.465 e. The van der Waals surface area contributed by atoms with Gasteiger partial charge in [0.15, 0.2) is 0 Å². The zero-order valence-corrected chi connectivity index (χ0v) is 16.5. The van der Waals surface area contributed by atoms with Crippen molar-refractivity contribution in [1.29, 1.82) is 0 Å². The molecule has 0 radical (unpaired) electrons. The minimum atomic E-state index is -0.370. The zero-order chi connectivity index (χ0) is 19.1. The lowest BCUT2D eigenvalue weighted by Gasteiger charge is -2.31. The van der Waals surface area contributed by atoms with E-state index >= 15 is 0 Å². The summed E-state index contributed by atoms with van der Waals surface area (Å²) in [4.78, 5) is 28.1. The molecular formula is C20H23N3O3S. The first-order valence-corrected chi connectivity index (χ1v) is 9.94. The van der Waals surface area contributed by atoms with Gasteiger partial charge >= 0.3 is 5.97 Å². The van der Waals surface area contributed by atoms with Gasteiger partial charge in [0.2, 0.25) is 0 Å². The molecule has 1 unspecified atom stereocenters. The van der Waals surface area contributed by atoms with Crippen molar-refractivity contribution in [3.05, 3.63) is 51.4 Å². The van der Waals surface area contributed by atoms with Crippen LogP contribution in [0, 0.1) is 0 Å². The normalized spacial score (nSPS) is 19.1. The monoisotopic (exact) mass is 385 g/mol. The molecule has 2 aliphatic rings. The summed E-state index contributed by atoms with van der Waals surface area (Å²) in [6.07, 6.45) is 0.602. The number of ether oxygens (including phenoxy) is 1. The molecule has 0 fully saturated rings. The molecule has 1 amide bonds. The second kappa shape index (κ2) is 6.98. The molecule has 0 aliphatic carbocycles. The Morgan fingerprint density at radius 1 is 1.26 bits per heavy atom. The molecular weight excluding hydrogens is 362 g/mol. The lowest BCUT2D eigenvalue weighted by Crippen LogP contribution is -2.39. The highest BCUT2D eigenvalue weighted by Gasteiger charge is 2.33. The zero-order valence-electron chi connectivity index (χ0n) is 15.7. The number of anilines is 1. The molecule has 3 heterocycles. The predicted octanol–water partition coefficient (Wildman–Crippen LogP) is 3.16. The number of thiophene rings is 1. The Hall–Kier alpha value is -2.38. The van der Waals surface area contributed by atoms with Gasteiger partial charge < -0.3 is 15.4 Å². The van der Waals surface area contributed by atoms with Crippen molar-refractivity contribution in [2.75, 3.05) is 19.0 Å². The summed E-state index contributed by atoms with van der Waals surface area (Å²) in [5.74, 6) is -0.397. The topological polar surface area (TPSA) is 70.7 Å². The summed E-state index contributed by atoms with van der Waals surface area (Å²) in [6.45, 7) is 6.30. The summed E-state index contributed by atoms with van der Waals surface area (Å²) in [5, 5.41) is 7.45. The molecule has 0 bridgehead atoms. The number of esters is 1. The lowest BCUT2D eigenvalue weighted by atomic mass is 9.99. The van der Waals surface area contributed by atoms with Crippen molar-refractivity contribution in [3.8, 4) is 0 Å². The van der Waals surface area contributed by atoms with E-state index in [2.05, 4.69) is 29.4 Å². The summed E-state index contributed by atoms with van der Waals surface area (Å²) in [6, 6.07) is 7.60. The van der Waals surface area contributed by atoms with Crippen LogP contribution in [0.15, 0.2) is 24.3 Å². The molecule has 0 spiro atoms. The van der Waals surface area contributed by atoms with Crippen molar-refractivity contribution in [3.63, 3.8) is 0 Å². The van der Waals surface area contributed by atoms with Crippen molar-refractivity contribution in [2.24, 2.45) is 0 Å². The van der Waals surface area contributed by atoms with Gasteiger partial charge in [-0.3, -0.25) is 9.69 Å². The van der Waals surface area contributed by atoms with E-state index in [1.54, 1.807) is 23.5 Å². The van der Waals surface area contributed by atoms with Crippen LogP contribution in [0.4, 0.5) is 5.00 Å². The van der Waals surface area contributed by atoms with Crippen LogP contribution in [0.1, 0.15) is 56.7 Å². The van der Waals surface area contributed by atoms with E-state index in [0.717, 1.165) is 35.6 Å². The lowest BCUT2D eigenvalue weighted by molar-refractivity contribution is 0.0600. The van der Waals surface area contributed by atoms with Crippen LogP contribution in [0.2, 0.25) is 0 Å². The third-order valence-electron chi connectivity index (χ3n) is 5.26. The van der Waals surface area contributed by atoms with Crippen LogP contribution in [-0.2, 0) is 17.7 Å². The molecule has 142 valence electrons. The van der Waals surface area contributed by atoms with Gasteiger partial charge in [-0.25, -0.2) is 4.79 Å². The first-order valence-electron chi connectivity index (χ1n) is 9.12. The fraction of sp³-hybridized carbons (Fsp3) is 0.400. The number of carbonyl (C=O) groups excluding carboxylic acids is 2. The highest BCUT2D eigenvalue weighted by molar-refractivity contribution is 7.16. The van der Waals surface area contributed by atoms with E-state index in [4.69, 9.17) is 4.74 Å². The number of hydrogen-bond donors (Lipinski definition) is 2. The maximum atomic E-state index is 12.8. The van der Waals surface area contributed by atoms with Crippen LogP contribution in [0.25, 0.3) is 0 Å². The van der Waals surface area contributed by atoms with Crippen LogP contribution in [0.3, 0.4) is 0 Å². The van der Waals surface area contributed by atoms with Gasteiger partial charge in [0.05, 0.1) is 18.2 Å². The molecule has 2 N–H and O–H groups in total. The van der Waals surface area contributed by atoms with Gasteiger partial charge in [-0.05, 0) is 43.5 Å². The van der Waals surface area contributed by atoms with Crippen LogP contribution in [-0.4, -0.2) is 36.5 Å². The highest BCUT2D eigenvalue weighted by atomic mass is 32.1. The van der Waals surface area contributed by atoms with Gasteiger partial charge in [-0.2, -0.15) is 0 Å². The molecule has 6 nitrogen and oxygen atoms in total. The van der Waals surface area contributed by atoms with Gasteiger partial charge in [-0.15, -0.1) is 11.3 Å². The van der Waals surface area contributed by atoms with Crippen molar-refractivity contribution in [2.45, 2.75) is 39.0 Å². The average Bonchev–Trinajstić information content (AvgIpc) is 3.05. The Bertz CT molecular complexity index is 889. The first kappa shape index (κ1) is 18.0. The molecule has 2 aliphatic heterocycles. The smallest absolute Gasteiger partial charge is 0.337 e. The van der Waals surface area contributed by atoms with Crippen LogP contribution < -0.4 is 10.6 Å². The molecule has 1 aromatic carbocycles. The quantitative estimate of drug-likeness (QED) is 0.795. The number of fused-ring (bicyclic) bond motifs is 3. The number of methoxy groups -OCH3 is 1. The highest BCUT2D eigenvalue weighted by Crippen LogP contribution is 2.41. The number of nitrogens with one attached hydrogen (secondary N) is 2. The Balaban J connectivity index is 1.59. The maximum absolute atomic E-state index is 12.8. The van der Waals surface area contributed by atoms with Gasteiger partial charge in [-0.1, -0.05) is 12.1 Å². The average molecular weight is 385 g/mol. The van der Waals surface area contributed by atoms with E-state index in [1.165, 1.54) is 17.6 Å². The summed E-state index contributed by atoms with van der Waals surface area (Å²) in [5.41, 5.74) is 3.39. The number of amides is 1. The van der Waals surface area contributed by atoms with E-state index in [0.29, 0.717) is 11.6 Å². The van der Waals surface area contributed by atoms with E-state index in [9.17, 15) is 9.59 Å². The fourth-order valence-corrected chi connectivity index (χ4v) is 4.97. The van der Waals surface area contributed by atoms with Crippen molar-refractivity contribution >= 4 is 28.2 Å². The largest absolute Gasteiger partial charge is 0.465 e. The summed E-state index contributed by atoms with van der Waals surface area (Å²) < 4.78 is 4.73. The number of carbonyl (C=O) groups is 2. The van der Waals surface area contributed by atoms with Crippen molar-refractivity contribution < 1.29 is 14.3 Å². The molecule has 1 atom stereocenters. The second-order valence-corrected chi connectivity index (χ2v) is 8.29. The van der Waals surface area contributed by atoms with Gasteiger partial charge in [0, 0.05) is 24.0 Å². The standard InChI is InChI=1S/C20H23N3O3S/c1-11(2)23-9-8-14-15(10-23)27-19-16(14)18(24)21-17(22-19)12-4-6-13(7-5-12)20(25)26-3/h4-7,11,17,22H,8-10H2,1-3H3,(H,21,24). The Kier molecular flexibility index (Phi) is 4.65. The molecule has 4 rings (SSSR count). The van der Waals surface area contributed by atoms with Crippen LogP contribution in [0.5, 0.6) is 0 Å². The third-order valence-corrected chi connectivity index (χ3v) is 6.41. The first-order chi connectivity index (χ1) is 13.0. The molecule has 27 heavy (non-hydrogen) atoms. The summed E-state index contributed by atoms with van der Waals surface area (Å²) in [7, 11) is 1.36. The number of benzene rings is 1. The van der Waals surface area contributed by atoms with Crippen molar-refractivity contribution in [1.82, 2.24) is 10.2 Å². The fourth-order valence-electron chi connectivity index (χ4n) is 3.67. The Morgan fingerprint density at radius 2 is 2.00 bits per heavy atom. The van der Waals surface area contributed by atoms with Gasteiger partial charge in [0.1, 0.15) is 11.2 Å². The molecule has 2 aromatic rings. The molecule has 7 heteroatoms. The van der Waals surface area contributed by atoms with Gasteiger partial charge in [0.25, 0.3) is 5.91 Å². The maximum Gasteiger partial charge on any atom is 0.337 e. The predicted molar refractivity (Wildman–Crippen MR) is 105 cm³/mol. The Labute approximate surface area is 162 Å².